The topological polar surface area (TPSA) is 48.0 Å². The molecule has 0 bridgehead atoms. The SMILES string of the molecule is Cn1cc(C(=O)CN)c2c(Br)cccc21. The lowest BCUT2D eigenvalue weighted by Crippen LogP contribution is -2.13. The van der Waals surface area contributed by atoms with Crippen LogP contribution in [-0.2, 0) is 7.05 Å². The molecule has 0 atom stereocenters. The Balaban J connectivity index is 2.81. The standard InChI is InChI=1S/C11H11BrN2O/c1-14-6-7(10(15)5-13)11-8(12)3-2-4-9(11)14/h2-4,6H,5,13H2,1H3. The van der Waals surface area contributed by atoms with Gasteiger partial charge in [-0.1, -0.05) is 22.0 Å². The zero-order valence-corrected chi connectivity index (χ0v) is 9.91. The summed E-state index contributed by atoms with van der Waals surface area (Å²) in [6, 6.07) is 5.85. The third-order valence-electron chi connectivity index (χ3n) is 2.45. The number of fused-ring (bicyclic) bond motifs is 1. The van der Waals surface area contributed by atoms with Crippen molar-refractivity contribution in [1.82, 2.24) is 4.57 Å². The maximum absolute atomic E-state index is 11.6. The quantitative estimate of drug-likeness (QED) is 0.847. The Kier molecular flexibility index (Phi) is 2.63. The summed E-state index contributed by atoms with van der Waals surface area (Å²) in [6.45, 7) is 0.0421. The molecule has 1 heterocycles. The number of ketones is 1. The highest BCUT2D eigenvalue weighted by Gasteiger charge is 2.14. The summed E-state index contributed by atoms with van der Waals surface area (Å²) in [5, 5.41) is 0.940. The minimum atomic E-state index is -0.0347. The fraction of sp³-hybridized carbons (Fsp3) is 0.182. The molecule has 3 nitrogen and oxygen atoms in total. The molecule has 0 aliphatic heterocycles. The number of carbonyl (C=O) groups is 1. The van der Waals surface area contributed by atoms with Crippen LogP contribution in [0, 0.1) is 0 Å². The molecule has 2 N–H and O–H groups in total. The van der Waals surface area contributed by atoms with Crippen LogP contribution < -0.4 is 5.73 Å². The van der Waals surface area contributed by atoms with Gasteiger partial charge >= 0.3 is 0 Å². The van der Waals surface area contributed by atoms with Crippen molar-refractivity contribution in [2.24, 2.45) is 12.8 Å². The van der Waals surface area contributed by atoms with Crippen LogP contribution in [0.15, 0.2) is 28.9 Å². The lowest BCUT2D eigenvalue weighted by Gasteiger charge is -1.98. The molecule has 0 amide bonds. The van der Waals surface area contributed by atoms with Crippen LogP contribution in [-0.4, -0.2) is 16.9 Å². The molecular formula is C11H11BrN2O. The van der Waals surface area contributed by atoms with Gasteiger partial charge in [0.2, 0.25) is 0 Å². The highest BCUT2D eigenvalue weighted by atomic mass is 79.9. The first-order chi connectivity index (χ1) is 7.15. The van der Waals surface area contributed by atoms with Crippen molar-refractivity contribution in [2.75, 3.05) is 6.54 Å². The van der Waals surface area contributed by atoms with Gasteiger partial charge in [0.15, 0.2) is 5.78 Å². The molecule has 0 radical (unpaired) electrons. The smallest absolute Gasteiger partial charge is 0.178 e. The van der Waals surface area contributed by atoms with E-state index in [1.807, 2.05) is 36.0 Å². The van der Waals surface area contributed by atoms with Gasteiger partial charge in [0.1, 0.15) is 0 Å². The molecule has 0 spiro atoms. The molecule has 0 saturated heterocycles. The van der Waals surface area contributed by atoms with Crippen LogP contribution in [0.5, 0.6) is 0 Å². The fourth-order valence-electron chi connectivity index (χ4n) is 1.72. The van der Waals surface area contributed by atoms with Crippen molar-refractivity contribution in [1.29, 1.82) is 0 Å². The zero-order valence-electron chi connectivity index (χ0n) is 8.33. The van der Waals surface area contributed by atoms with Gasteiger partial charge in [-0.15, -0.1) is 0 Å². The summed E-state index contributed by atoms with van der Waals surface area (Å²) >= 11 is 3.45. The molecule has 2 aromatic rings. The number of carbonyl (C=O) groups excluding carboxylic acids is 1. The molecule has 0 fully saturated rings. The van der Waals surface area contributed by atoms with Gasteiger partial charge in [-0.3, -0.25) is 4.79 Å². The summed E-state index contributed by atoms with van der Waals surface area (Å²) < 4.78 is 2.86. The predicted molar refractivity (Wildman–Crippen MR) is 64.0 cm³/mol. The molecule has 15 heavy (non-hydrogen) atoms. The third kappa shape index (κ3) is 1.60. The van der Waals surface area contributed by atoms with Crippen LogP contribution in [0.25, 0.3) is 10.9 Å². The van der Waals surface area contributed by atoms with E-state index in [1.54, 1.807) is 0 Å². The van der Waals surface area contributed by atoms with E-state index in [2.05, 4.69) is 15.9 Å². The number of Topliss-reactive ketones (excluding diaryl/α,β-unsaturated/α-hetero) is 1. The average molecular weight is 267 g/mol. The fourth-order valence-corrected chi connectivity index (χ4v) is 2.29. The molecule has 0 aliphatic rings. The van der Waals surface area contributed by atoms with Gasteiger partial charge < -0.3 is 10.3 Å². The average Bonchev–Trinajstić information content (AvgIpc) is 2.57. The molecule has 78 valence electrons. The molecule has 4 heteroatoms. The first kappa shape index (κ1) is 10.4. The highest BCUT2D eigenvalue weighted by Crippen LogP contribution is 2.28. The number of nitrogens with two attached hydrogens (primary N) is 1. The van der Waals surface area contributed by atoms with Crippen LogP contribution in [0.4, 0.5) is 0 Å². The van der Waals surface area contributed by atoms with Gasteiger partial charge in [0.25, 0.3) is 0 Å². The Morgan fingerprint density at radius 3 is 2.93 bits per heavy atom. The number of aryl methyl sites for hydroxylation is 1. The van der Waals surface area contributed by atoms with Crippen molar-refractivity contribution in [3.8, 4) is 0 Å². The van der Waals surface area contributed by atoms with Crippen molar-refractivity contribution >= 4 is 32.6 Å². The number of halogens is 1. The molecule has 2 rings (SSSR count). The van der Waals surface area contributed by atoms with E-state index in [4.69, 9.17) is 5.73 Å². The van der Waals surface area contributed by atoms with Crippen LogP contribution in [0.3, 0.4) is 0 Å². The van der Waals surface area contributed by atoms with E-state index in [0.29, 0.717) is 5.56 Å². The van der Waals surface area contributed by atoms with E-state index in [-0.39, 0.29) is 12.3 Å². The predicted octanol–water partition coefficient (Wildman–Crippen LogP) is 2.08. The Hall–Kier alpha value is -1.13. The number of benzene rings is 1. The van der Waals surface area contributed by atoms with Crippen molar-refractivity contribution in [2.45, 2.75) is 0 Å². The second-order valence-electron chi connectivity index (χ2n) is 3.41. The lowest BCUT2D eigenvalue weighted by atomic mass is 10.1. The second kappa shape index (κ2) is 3.79. The van der Waals surface area contributed by atoms with Crippen molar-refractivity contribution in [3.05, 3.63) is 34.4 Å². The second-order valence-corrected chi connectivity index (χ2v) is 4.27. The number of hydrogen-bond donors (Lipinski definition) is 1. The largest absolute Gasteiger partial charge is 0.350 e. The Labute approximate surface area is 96.0 Å². The zero-order chi connectivity index (χ0) is 11.0. The summed E-state index contributed by atoms with van der Waals surface area (Å²) in [4.78, 5) is 11.6. The minimum absolute atomic E-state index is 0.0347. The van der Waals surface area contributed by atoms with Crippen molar-refractivity contribution < 1.29 is 4.79 Å². The minimum Gasteiger partial charge on any atom is -0.350 e. The number of aromatic nitrogens is 1. The maximum atomic E-state index is 11.6. The monoisotopic (exact) mass is 266 g/mol. The molecule has 0 aliphatic carbocycles. The van der Waals surface area contributed by atoms with Gasteiger partial charge in [-0.2, -0.15) is 0 Å². The van der Waals surface area contributed by atoms with Crippen molar-refractivity contribution in [3.63, 3.8) is 0 Å². The van der Waals surface area contributed by atoms with E-state index < -0.39 is 0 Å². The maximum Gasteiger partial charge on any atom is 0.178 e. The van der Waals surface area contributed by atoms with Gasteiger partial charge in [-0.25, -0.2) is 0 Å². The number of hydrogen-bond acceptors (Lipinski definition) is 2. The van der Waals surface area contributed by atoms with E-state index in [1.165, 1.54) is 0 Å². The summed E-state index contributed by atoms with van der Waals surface area (Å²) in [5.41, 5.74) is 7.09. The molecular weight excluding hydrogens is 256 g/mol. The molecule has 0 saturated carbocycles. The normalized spacial score (nSPS) is 10.9. The molecule has 1 aromatic carbocycles. The Morgan fingerprint density at radius 1 is 1.53 bits per heavy atom. The first-order valence-electron chi connectivity index (χ1n) is 4.62. The Bertz CT molecular complexity index is 531. The third-order valence-corrected chi connectivity index (χ3v) is 3.11. The Morgan fingerprint density at radius 2 is 2.27 bits per heavy atom. The summed E-state index contributed by atoms with van der Waals surface area (Å²) in [6.07, 6.45) is 1.82. The van der Waals surface area contributed by atoms with Gasteiger partial charge in [-0.05, 0) is 12.1 Å². The molecule has 0 unspecified atom stereocenters. The highest BCUT2D eigenvalue weighted by molar-refractivity contribution is 9.10. The van der Waals surface area contributed by atoms with E-state index in [0.717, 1.165) is 15.4 Å². The van der Waals surface area contributed by atoms with Crippen LogP contribution in [0.2, 0.25) is 0 Å². The van der Waals surface area contributed by atoms with Crippen LogP contribution >= 0.6 is 15.9 Å². The van der Waals surface area contributed by atoms with E-state index in [9.17, 15) is 4.79 Å². The number of rotatable bonds is 2. The summed E-state index contributed by atoms with van der Waals surface area (Å²) in [5.74, 6) is -0.0347. The summed E-state index contributed by atoms with van der Waals surface area (Å²) in [7, 11) is 1.92. The number of nitrogens with zero attached hydrogens (tertiary/aromatic N) is 1. The lowest BCUT2D eigenvalue weighted by molar-refractivity contribution is 0.100. The van der Waals surface area contributed by atoms with Gasteiger partial charge in [0.05, 0.1) is 6.54 Å². The molecule has 1 aromatic heterocycles. The first-order valence-corrected chi connectivity index (χ1v) is 5.41. The van der Waals surface area contributed by atoms with E-state index >= 15 is 0 Å². The van der Waals surface area contributed by atoms with Gasteiger partial charge in [0, 0.05) is 34.2 Å². The van der Waals surface area contributed by atoms with Crippen LogP contribution in [0.1, 0.15) is 10.4 Å².